The van der Waals surface area contributed by atoms with Crippen molar-refractivity contribution in [3.8, 4) is 0 Å². The molecule has 3 rings (SSSR count). The first-order chi connectivity index (χ1) is 12.8. The van der Waals surface area contributed by atoms with Crippen molar-refractivity contribution in [2.24, 2.45) is 0 Å². The van der Waals surface area contributed by atoms with Crippen LogP contribution >= 0.6 is 0 Å². The van der Waals surface area contributed by atoms with E-state index in [1.165, 1.54) is 23.4 Å². The number of hydrogen-bond donors (Lipinski definition) is 0. The number of aryl methyl sites for hydroxylation is 2. The summed E-state index contributed by atoms with van der Waals surface area (Å²) in [5, 5.41) is 0. The topological polar surface area (TPSA) is 54.5 Å². The van der Waals surface area contributed by atoms with Crippen molar-refractivity contribution in [3.05, 3.63) is 64.7 Å². The standard InChI is InChI=1S/C22H27NO3S/c1-4-13-23(19-11-10-17-7-5-6-8-18(17)14-19)22(24)21-15-20(27(3,25)26)12-9-16(21)2/h5-9,12,15,19H,4,10-11,13-14H2,1-3H3. The van der Waals surface area contributed by atoms with E-state index in [1.54, 1.807) is 12.1 Å². The van der Waals surface area contributed by atoms with Crippen molar-refractivity contribution in [2.45, 2.75) is 50.5 Å². The average molecular weight is 386 g/mol. The van der Waals surface area contributed by atoms with Crippen LogP contribution in [0.25, 0.3) is 0 Å². The van der Waals surface area contributed by atoms with Crippen LogP contribution in [0, 0.1) is 6.92 Å². The molecule has 0 aliphatic heterocycles. The normalized spacial score (nSPS) is 16.6. The fourth-order valence-electron chi connectivity index (χ4n) is 3.85. The summed E-state index contributed by atoms with van der Waals surface area (Å²) >= 11 is 0. The Bertz CT molecular complexity index is 950. The van der Waals surface area contributed by atoms with Gasteiger partial charge in [0.15, 0.2) is 9.84 Å². The first-order valence-electron chi connectivity index (χ1n) is 9.49. The zero-order chi connectivity index (χ0) is 19.6. The van der Waals surface area contributed by atoms with E-state index in [2.05, 4.69) is 25.1 Å². The first kappa shape index (κ1) is 19.6. The summed E-state index contributed by atoms with van der Waals surface area (Å²) in [5.41, 5.74) is 3.98. The molecule has 0 saturated carbocycles. The van der Waals surface area contributed by atoms with E-state index in [0.29, 0.717) is 12.1 Å². The monoisotopic (exact) mass is 385 g/mol. The fourth-order valence-corrected chi connectivity index (χ4v) is 4.50. The van der Waals surface area contributed by atoms with Crippen LogP contribution in [0.5, 0.6) is 0 Å². The van der Waals surface area contributed by atoms with Crippen LogP contribution < -0.4 is 0 Å². The zero-order valence-electron chi connectivity index (χ0n) is 16.2. The van der Waals surface area contributed by atoms with E-state index in [4.69, 9.17) is 0 Å². The van der Waals surface area contributed by atoms with Gasteiger partial charge in [0.05, 0.1) is 4.90 Å². The van der Waals surface area contributed by atoms with Gasteiger partial charge in [-0.2, -0.15) is 0 Å². The molecule has 1 unspecified atom stereocenters. The van der Waals surface area contributed by atoms with Crippen LogP contribution in [-0.4, -0.2) is 38.1 Å². The number of carbonyl (C=O) groups excluding carboxylic acids is 1. The molecule has 4 nitrogen and oxygen atoms in total. The summed E-state index contributed by atoms with van der Waals surface area (Å²) in [6, 6.07) is 13.4. The van der Waals surface area contributed by atoms with E-state index in [9.17, 15) is 13.2 Å². The first-order valence-corrected chi connectivity index (χ1v) is 11.4. The Labute approximate surface area is 162 Å². The van der Waals surface area contributed by atoms with Crippen LogP contribution in [0.2, 0.25) is 0 Å². The molecule has 2 aromatic carbocycles. The van der Waals surface area contributed by atoms with Crippen molar-refractivity contribution in [3.63, 3.8) is 0 Å². The highest BCUT2D eigenvalue weighted by atomic mass is 32.2. The number of nitrogens with zero attached hydrogens (tertiary/aromatic N) is 1. The Hall–Kier alpha value is -2.14. The minimum atomic E-state index is -3.35. The van der Waals surface area contributed by atoms with Gasteiger partial charge >= 0.3 is 0 Å². The Kier molecular flexibility index (Phi) is 5.70. The molecule has 0 fully saturated rings. The molecule has 1 aliphatic rings. The molecule has 144 valence electrons. The molecule has 0 aromatic heterocycles. The molecule has 1 atom stereocenters. The second-order valence-corrected chi connectivity index (χ2v) is 9.43. The number of amides is 1. The van der Waals surface area contributed by atoms with Gasteiger partial charge in [-0.1, -0.05) is 37.3 Å². The maximum absolute atomic E-state index is 13.4. The van der Waals surface area contributed by atoms with Gasteiger partial charge in [0.25, 0.3) is 5.91 Å². The summed E-state index contributed by atoms with van der Waals surface area (Å²) in [7, 11) is -3.35. The number of sulfone groups is 1. The largest absolute Gasteiger partial charge is 0.335 e. The van der Waals surface area contributed by atoms with E-state index >= 15 is 0 Å². The third kappa shape index (κ3) is 4.24. The molecular formula is C22H27NO3S. The highest BCUT2D eigenvalue weighted by Crippen LogP contribution is 2.27. The van der Waals surface area contributed by atoms with E-state index < -0.39 is 9.84 Å². The van der Waals surface area contributed by atoms with Crippen LogP contribution in [-0.2, 0) is 22.7 Å². The smallest absolute Gasteiger partial charge is 0.254 e. The number of hydrogen-bond acceptors (Lipinski definition) is 3. The SMILES string of the molecule is CCCN(C(=O)c1cc(S(C)(=O)=O)ccc1C)C1CCc2ccccc2C1. The maximum atomic E-state index is 13.4. The second kappa shape index (κ2) is 7.85. The lowest BCUT2D eigenvalue weighted by Crippen LogP contribution is -2.44. The highest BCUT2D eigenvalue weighted by molar-refractivity contribution is 7.90. The quantitative estimate of drug-likeness (QED) is 0.786. The lowest BCUT2D eigenvalue weighted by molar-refractivity contribution is 0.0660. The predicted octanol–water partition coefficient (Wildman–Crippen LogP) is 3.81. The Morgan fingerprint density at radius 2 is 1.85 bits per heavy atom. The van der Waals surface area contributed by atoms with Gasteiger partial charge in [-0.3, -0.25) is 4.79 Å². The number of fused-ring (bicyclic) bond motifs is 1. The molecule has 5 heteroatoms. The lowest BCUT2D eigenvalue weighted by Gasteiger charge is -2.35. The summed E-state index contributed by atoms with van der Waals surface area (Å²) in [4.78, 5) is 15.5. The highest BCUT2D eigenvalue weighted by Gasteiger charge is 2.29. The molecule has 0 spiro atoms. The molecule has 1 aliphatic carbocycles. The molecule has 0 heterocycles. The van der Waals surface area contributed by atoms with Gasteiger partial charge in [-0.25, -0.2) is 8.42 Å². The molecule has 0 bridgehead atoms. The van der Waals surface area contributed by atoms with E-state index in [0.717, 1.165) is 31.2 Å². The van der Waals surface area contributed by atoms with Crippen LogP contribution in [0.1, 0.15) is 46.8 Å². The second-order valence-electron chi connectivity index (χ2n) is 7.41. The maximum Gasteiger partial charge on any atom is 0.254 e. The summed E-state index contributed by atoms with van der Waals surface area (Å²) < 4.78 is 23.9. The molecule has 0 N–H and O–H groups in total. The fraction of sp³-hybridized carbons (Fsp3) is 0.409. The minimum absolute atomic E-state index is 0.0655. The Balaban J connectivity index is 1.93. The molecule has 1 amide bonds. The summed E-state index contributed by atoms with van der Waals surface area (Å²) in [5.74, 6) is -0.0655. The lowest BCUT2D eigenvalue weighted by atomic mass is 9.87. The molecule has 27 heavy (non-hydrogen) atoms. The summed E-state index contributed by atoms with van der Waals surface area (Å²) in [6.07, 6.45) is 4.81. The third-order valence-corrected chi connectivity index (χ3v) is 6.46. The van der Waals surface area contributed by atoms with Gasteiger partial charge in [0, 0.05) is 24.4 Å². The van der Waals surface area contributed by atoms with Crippen LogP contribution in [0.4, 0.5) is 0 Å². The number of carbonyl (C=O) groups is 1. The molecule has 0 radical (unpaired) electrons. The minimum Gasteiger partial charge on any atom is -0.335 e. The van der Waals surface area contributed by atoms with Crippen LogP contribution in [0.15, 0.2) is 47.4 Å². The van der Waals surface area contributed by atoms with E-state index in [-0.39, 0.29) is 16.8 Å². The Morgan fingerprint density at radius 1 is 1.15 bits per heavy atom. The van der Waals surface area contributed by atoms with Gasteiger partial charge in [-0.05, 0) is 61.4 Å². The van der Waals surface area contributed by atoms with Crippen molar-refractivity contribution in [2.75, 3.05) is 12.8 Å². The predicted molar refractivity (Wildman–Crippen MR) is 108 cm³/mol. The van der Waals surface area contributed by atoms with Crippen molar-refractivity contribution in [1.29, 1.82) is 0 Å². The van der Waals surface area contributed by atoms with Gasteiger partial charge in [-0.15, -0.1) is 0 Å². The molecule has 0 saturated heterocycles. The van der Waals surface area contributed by atoms with Crippen LogP contribution in [0.3, 0.4) is 0 Å². The van der Waals surface area contributed by atoms with Gasteiger partial charge in [0.1, 0.15) is 0 Å². The summed E-state index contributed by atoms with van der Waals surface area (Å²) in [6.45, 7) is 4.60. The number of rotatable bonds is 5. The molecule has 2 aromatic rings. The van der Waals surface area contributed by atoms with Crippen molar-refractivity contribution in [1.82, 2.24) is 4.90 Å². The average Bonchev–Trinajstić information content (AvgIpc) is 2.64. The van der Waals surface area contributed by atoms with Crippen molar-refractivity contribution < 1.29 is 13.2 Å². The number of benzene rings is 2. The van der Waals surface area contributed by atoms with Gasteiger partial charge < -0.3 is 4.90 Å². The molecular weight excluding hydrogens is 358 g/mol. The zero-order valence-corrected chi connectivity index (χ0v) is 17.1. The van der Waals surface area contributed by atoms with Crippen molar-refractivity contribution >= 4 is 15.7 Å². The Morgan fingerprint density at radius 3 is 2.52 bits per heavy atom. The third-order valence-electron chi connectivity index (χ3n) is 5.35. The van der Waals surface area contributed by atoms with E-state index in [1.807, 2.05) is 17.9 Å². The van der Waals surface area contributed by atoms with Gasteiger partial charge in [0.2, 0.25) is 0 Å².